The van der Waals surface area contributed by atoms with Gasteiger partial charge in [-0.05, 0) is 37.5 Å². The van der Waals surface area contributed by atoms with E-state index in [2.05, 4.69) is 18.0 Å². The first-order valence-corrected chi connectivity index (χ1v) is 6.31. The van der Waals surface area contributed by atoms with Crippen molar-refractivity contribution >= 4 is 10.9 Å². The van der Waals surface area contributed by atoms with Gasteiger partial charge >= 0.3 is 0 Å². The molecular weight excluding hydrogens is 210 g/mol. The molecule has 0 fully saturated rings. The Balaban J connectivity index is 2.71. The number of rotatable bonds is 3. The quantitative estimate of drug-likeness (QED) is 0.860. The van der Waals surface area contributed by atoms with Crippen molar-refractivity contribution in [2.45, 2.75) is 40.0 Å². The zero-order valence-electron chi connectivity index (χ0n) is 10.8. The minimum absolute atomic E-state index is 0.191. The molecule has 2 aromatic rings. The lowest BCUT2D eigenvalue weighted by atomic mass is 10.0. The predicted molar refractivity (Wildman–Crippen MR) is 72.7 cm³/mol. The fourth-order valence-electron chi connectivity index (χ4n) is 2.37. The summed E-state index contributed by atoms with van der Waals surface area (Å²) in [5.74, 6) is 0. The van der Waals surface area contributed by atoms with Crippen LogP contribution < -0.4 is 5.43 Å². The summed E-state index contributed by atoms with van der Waals surface area (Å²) in [4.78, 5) is 15.6. The SMILES string of the molecule is CCCc1ccc2[nH]c(C)c(CC)c(=O)c2c1. The van der Waals surface area contributed by atoms with Crippen LogP contribution >= 0.6 is 0 Å². The van der Waals surface area contributed by atoms with Gasteiger partial charge in [0.25, 0.3) is 0 Å². The monoisotopic (exact) mass is 229 g/mol. The predicted octanol–water partition coefficient (Wildman–Crippen LogP) is 3.35. The Morgan fingerprint density at radius 3 is 2.65 bits per heavy atom. The van der Waals surface area contributed by atoms with Gasteiger partial charge in [0.2, 0.25) is 0 Å². The molecule has 0 bridgehead atoms. The number of hydrogen-bond acceptors (Lipinski definition) is 1. The van der Waals surface area contributed by atoms with Crippen molar-refractivity contribution in [2.75, 3.05) is 0 Å². The summed E-state index contributed by atoms with van der Waals surface area (Å²) < 4.78 is 0. The molecule has 17 heavy (non-hydrogen) atoms. The van der Waals surface area contributed by atoms with E-state index in [4.69, 9.17) is 0 Å². The van der Waals surface area contributed by atoms with E-state index in [0.29, 0.717) is 0 Å². The zero-order valence-corrected chi connectivity index (χ0v) is 10.8. The summed E-state index contributed by atoms with van der Waals surface area (Å²) in [5, 5.41) is 0.832. The Morgan fingerprint density at radius 1 is 1.24 bits per heavy atom. The summed E-state index contributed by atoms with van der Waals surface area (Å²) in [6.07, 6.45) is 2.93. The molecule has 0 atom stereocenters. The van der Waals surface area contributed by atoms with Crippen molar-refractivity contribution in [1.29, 1.82) is 0 Å². The molecule has 0 amide bonds. The van der Waals surface area contributed by atoms with Gasteiger partial charge in [-0.15, -0.1) is 0 Å². The van der Waals surface area contributed by atoms with E-state index < -0.39 is 0 Å². The number of H-pyrrole nitrogens is 1. The molecule has 1 aromatic heterocycles. The maximum absolute atomic E-state index is 12.3. The van der Waals surface area contributed by atoms with Gasteiger partial charge < -0.3 is 4.98 Å². The van der Waals surface area contributed by atoms with E-state index in [9.17, 15) is 4.79 Å². The number of aromatic nitrogens is 1. The number of aryl methyl sites for hydroxylation is 2. The summed E-state index contributed by atoms with van der Waals surface area (Å²) in [6.45, 7) is 6.15. The molecule has 1 aromatic carbocycles. The van der Waals surface area contributed by atoms with Gasteiger partial charge in [0.1, 0.15) is 0 Å². The molecule has 2 nitrogen and oxygen atoms in total. The lowest BCUT2D eigenvalue weighted by Gasteiger charge is -2.07. The highest BCUT2D eigenvalue weighted by Crippen LogP contribution is 2.15. The van der Waals surface area contributed by atoms with Crippen LogP contribution in [-0.2, 0) is 12.8 Å². The number of nitrogens with one attached hydrogen (secondary N) is 1. The first-order valence-electron chi connectivity index (χ1n) is 6.31. The number of pyridine rings is 1. The zero-order chi connectivity index (χ0) is 12.4. The summed E-state index contributed by atoms with van der Waals surface area (Å²) in [6, 6.07) is 6.16. The highest BCUT2D eigenvalue weighted by Gasteiger charge is 2.07. The first kappa shape index (κ1) is 11.9. The molecule has 1 heterocycles. The van der Waals surface area contributed by atoms with Crippen LogP contribution in [-0.4, -0.2) is 4.98 Å². The van der Waals surface area contributed by atoms with E-state index >= 15 is 0 Å². The second-order valence-corrected chi connectivity index (χ2v) is 4.54. The molecule has 0 aliphatic carbocycles. The normalized spacial score (nSPS) is 11.0. The van der Waals surface area contributed by atoms with Gasteiger partial charge in [0, 0.05) is 22.2 Å². The molecule has 0 aliphatic heterocycles. The molecule has 0 spiro atoms. The highest BCUT2D eigenvalue weighted by molar-refractivity contribution is 5.80. The second kappa shape index (κ2) is 4.74. The second-order valence-electron chi connectivity index (χ2n) is 4.54. The lowest BCUT2D eigenvalue weighted by Crippen LogP contribution is -2.12. The van der Waals surface area contributed by atoms with Crippen molar-refractivity contribution in [3.63, 3.8) is 0 Å². The molecular formula is C15H19NO. The summed E-state index contributed by atoms with van der Waals surface area (Å²) in [5.41, 5.74) is 4.29. The Hall–Kier alpha value is -1.57. The first-order chi connectivity index (χ1) is 8.17. The summed E-state index contributed by atoms with van der Waals surface area (Å²) >= 11 is 0. The Labute approximate surface area is 102 Å². The van der Waals surface area contributed by atoms with E-state index in [1.165, 1.54) is 5.56 Å². The smallest absolute Gasteiger partial charge is 0.192 e. The van der Waals surface area contributed by atoms with E-state index in [-0.39, 0.29) is 5.43 Å². The van der Waals surface area contributed by atoms with Crippen LogP contribution in [0.15, 0.2) is 23.0 Å². The van der Waals surface area contributed by atoms with Crippen LogP contribution in [0.1, 0.15) is 37.1 Å². The molecule has 1 N–H and O–H groups in total. The minimum atomic E-state index is 0.191. The van der Waals surface area contributed by atoms with Crippen molar-refractivity contribution in [2.24, 2.45) is 0 Å². The molecule has 2 heteroatoms. The third-order valence-electron chi connectivity index (χ3n) is 3.27. The molecule has 0 radical (unpaired) electrons. The van der Waals surface area contributed by atoms with Gasteiger partial charge in [0.05, 0.1) is 0 Å². The van der Waals surface area contributed by atoms with Gasteiger partial charge in [-0.25, -0.2) is 0 Å². The lowest BCUT2D eigenvalue weighted by molar-refractivity contribution is 0.923. The Morgan fingerprint density at radius 2 is 2.00 bits per heavy atom. The molecule has 0 saturated carbocycles. The van der Waals surface area contributed by atoms with Gasteiger partial charge in [-0.2, -0.15) is 0 Å². The van der Waals surface area contributed by atoms with Crippen molar-refractivity contribution in [3.05, 3.63) is 45.2 Å². The molecule has 0 aliphatic rings. The number of benzene rings is 1. The fraction of sp³-hybridized carbons (Fsp3) is 0.400. The Kier molecular flexibility index (Phi) is 3.32. The van der Waals surface area contributed by atoms with Crippen LogP contribution in [0.3, 0.4) is 0 Å². The largest absolute Gasteiger partial charge is 0.358 e. The number of hydrogen-bond donors (Lipinski definition) is 1. The maximum Gasteiger partial charge on any atom is 0.192 e. The van der Waals surface area contributed by atoms with E-state index in [1.54, 1.807) is 0 Å². The third-order valence-corrected chi connectivity index (χ3v) is 3.27. The average molecular weight is 229 g/mol. The highest BCUT2D eigenvalue weighted by atomic mass is 16.1. The van der Waals surface area contributed by atoms with Crippen LogP contribution in [0.5, 0.6) is 0 Å². The molecule has 0 saturated heterocycles. The van der Waals surface area contributed by atoms with Crippen LogP contribution in [0.25, 0.3) is 10.9 Å². The Bertz CT molecular complexity index is 596. The summed E-state index contributed by atoms with van der Waals surface area (Å²) in [7, 11) is 0. The van der Waals surface area contributed by atoms with Gasteiger partial charge in [-0.1, -0.05) is 26.3 Å². The third kappa shape index (κ3) is 2.12. The standard InChI is InChI=1S/C15H19NO/c1-4-6-11-7-8-14-13(9-11)15(17)12(5-2)10(3)16-14/h7-9H,4-6H2,1-3H3,(H,16,17). The number of aromatic amines is 1. The average Bonchev–Trinajstić information content (AvgIpc) is 2.31. The van der Waals surface area contributed by atoms with Gasteiger partial charge in [0.15, 0.2) is 5.43 Å². The van der Waals surface area contributed by atoms with Gasteiger partial charge in [-0.3, -0.25) is 4.79 Å². The van der Waals surface area contributed by atoms with Crippen LogP contribution in [0, 0.1) is 6.92 Å². The van der Waals surface area contributed by atoms with Crippen molar-refractivity contribution in [3.8, 4) is 0 Å². The fourth-order valence-corrected chi connectivity index (χ4v) is 2.37. The molecule has 0 unspecified atom stereocenters. The van der Waals surface area contributed by atoms with Crippen molar-refractivity contribution < 1.29 is 0 Å². The number of fused-ring (bicyclic) bond motifs is 1. The van der Waals surface area contributed by atoms with Crippen LogP contribution in [0.4, 0.5) is 0 Å². The molecule has 90 valence electrons. The van der Waals surface area contributed by atoms with E-state index in [0.717, 1.165) is 41.4 Å². The molecule has 2 rings (SSSR count). The minimum Gasteiger partial charge on any atom is -0.358 e. The van der Waals surface area contributed by atoms with Crippen molar-refractivity contribution in [1.82, 2.24) is 4.98 Å². The van der Waals surface area contributed by atoms with Crippen LogP contribution in [0.2, 0.25) is 0 Å². The van der Waals surface area contributed by atoms with E-state index in [1.807, 2.05) is 26.0 Å². The topological polar surface area (TPSA) is 32.9 Å². The maximum atomic E-state index is 12.3.